The van der Waals surface area contributed by atoms with E-state index in [1.54, 1.807) is 0 Å². The van der Waals surface area contributed by atoms with Crippen molar-refractivity contribution in [3.8, 4) is 11.5 Å². The van der Waals surface area contributed by atoms with Gasteiger partial charge >= 0.3 is 5.63 Å². The minimum Gasteiger partial charge on any atom is -0.504 e. The highest BCUT2D eigenvalue weighted by Crippen LogP contribution is 2.33. The fourth-order valence-electron chi connectivity index (χ4n) is 2.47. The summed E-state index contributed by atoms with van der Waals surface area (Å²) in [6.45, 7) is -0.598. The molecule has 24 heavy (non-hydrogen) atoms. The molecular weight excluding hydrogens is 324 g/mol. The molecule has 1 saturated heterocycles. The number of hydrogen-bond acceptors (Lipinski definition) is 9. The van der Waals surface area contributed by atoms with E-state index in [1.807, 2.05) is 0 Å². The Bertz CT molecular complexity index is 784. The molecular formula is C15H16O9. The van der Waals surface area contributed by atoms with Crippen LogP contribution in [0, 0.1) is 0 Å². The van der Waals surface area contributed by atoms with E-state index in [1.165, 1.54) is 18.2 Å². The van der Waals surface area contributed by atoms with Gasteiger partial charge in [-0.1, -0.05) is 0 Å². The van der Waals surface area contributed by atoms with Gasteiger partial charge in [-0.05, 0) is 12.1 Å². The molecule has 0 unspecified atom stereocenters. The standard InChI is InChI=1S/C15H16O9/c16-5-10-12(19)13(20)14(21)15(24-10)23-9-3-6-1-2-11(18)22-8(6)4-7(9)17/h1-4,10,12-17,19-21H,5H2/t10-,12+,13+,14+,15+/m0/s1. The van der Waals surface area contributed by atoms with Crippen LogP contribution in [0.2, 0.25) is 0 Å². The molecule has 1 aromatic carbocycles. The van der Waals surface area contributed by atoms with E-state index < -0.39 is 42.9 Å². The SMILES string of the molecule is O=c1ccc2cc(O[C@@H]3O[C@@H](CO)[C@@H](O)[C@@H](O)[C@H]3O)c(O)cc2o1. The smallest absolute Gasteiger partial charge is 0.336 e. The predicted molar refractivity (Wildman–Crippen MR) is 78.5 cm³/mol. The molecule has 9 nitrogen and oxygen atoms in total. The first kappa shape index (κ1) is 16.7. The van der Waals surface area contributed by atoms with Gasteiger partial charge in [0.1, 0.15) is 30.0 Å². The fraction of sp³-hybridized carbons (Fsp3) is 0.400. The third-order valence-electron chi connectivity index (χ3n) is 3.79. The molecule has 130 valence electrons. The van der Waals surface area contributed by atoms with Crippen LogP contribution in [-0.4, -0.2) is 62.8 Å². The molecule has 5 atom stereocenters. The summed E-state index contributed by atoms with van der Waals surface area (Å²) in [5.74, 6) is -0.477. The average molecular weight is 340 g/mol. The van der Waals surface area contributed by atoms with Gasteiger partial charge in [0, 0.05) is 17.5 Å². The average Bonchev–Trinajstić information content (AvgIpc) is 2.56. The molecule has 2 heterocycles. The molecule has 0 spiro atoms. The van der Waals surface area contributed by atoms with E-state index in [4.69, 9.17) is 19.0 Å². The van der Waals surface area contributed by atoms with Gasteiger partial charge in [-0.2, -0.15) is 0 Å². The summed E-state index contributed by atoms with van der Waals surface area (Å²) in [6.07, 6.45) is -7.27. The summed E-state index contributed by atoms with van der Waals surface area (Å²) in [6, 6.07) is 5.17. The van der Waals surface area contributed by atoms with Crippen LogP contribution in [0.4, 0.5) is 0 Å². The summed E-state index contributed by atoms with van der Waals surface area (Å²) in [5, 5.41) is 49.0. The van der Waals surface area contributed by atoms with Crippen molar-refractivity contribution in [2.24, 2.45) is 0 Å². The molecule has 1 fully saturated rings. The van der Waals surface area contributed by atoms with Crippen LogP contribution in [0.15, 0.2) is 33.5 Å². The number of phenols is 1. The fourth-order valence-corrected chi connectivity index (χ4v) is 2.47. The highest BCUT2D eigenvalue weighted by molar-refractivity contribution is 5.80. The Balaban J connectivity index is 1.89. The number of rotatable bonds is 3. The minimum atomic E-state index is -1.60. The minimum absolute atomic E-state index is 0.0966. The van der Waals surface area contributed by atoms with E-state index in [0.717, 1.165) is 6.07 Å². The zero-order valence-corrected chi connectivity index (χ0v) is 12.3. The maximum atomic E-state index is 11.2. The van der Waals surface area contributed by atoms with Gasteiger partial charge in [-0.15, -0.1) is 0 Å². The second-order valence-electron chi connectivity index (χ2n) is 5.43. The molecule has 0 amide bonds. The first-order chi connectivity index (χ1) is 11.4. The molecule has 0 saturated carbocycles. The number of aliphatic hydroxyl groups is 4. The topological polar surface area (TPSA) is 150 Å². The van der Waals surface area contributed by atoms with Crippen LogP contribution >= 0.6 is 0 Å². The maximum absolute atomic E-state index is 11.2. The lowest BCUT2D eigenvalue weighted by Gasteiger charge is -2.39. The lowest BCUT2D eigenvalue weighted by Crippen LogP contribution is -2.60. The van der Waals surface area contributed by atoms with Gasteiger partial charge in [0.2, 0.25) is 6.29 Å². The zero-order chi connectivity index (χ0) is 17.4. The van der Waals surface area contributed by atoms with E-state index in [9.17, 15) is 25.2 Å². The molecule has 9 heteroatoms. The van der Waals surface area contributed by atoms with Gasteiger partial charge in [0.25, 0.3) is 0 Å². The van der Waals surface area contributed by atoms with E-state index >= 15 is 0 Å². The first-order valence-corrected chi connectivity index (χ1v) is 7.15. The normalized spacial score (nSPS) is 30.4. The van der Waals surface area contributed by atoms with Crippen molar-refractivity contribution in [3.05, 3.63) is 34.7 Å². The Labute approximate surface area is 134 Å². The highest BCUT2D eigenvalue weighted by atomic mass is 16.7. The Morgan fingerprint density at radius 3 is 2.54 bits per heavy atom. The molecule has 5 N–H and O–H groups in total. The molecule has 1 aliphatic rings. The van der Waals surface area contributed by atoms with Crippen LogP contribution < -0.4 is 10.4 Å². The second-order valence-corrected chi connectivity index (χ2v) is 5.43. The molecule has 1 aliphatic heterocycles. The Morgan fingerprint density at radius 2 is 1.83 bits per heavy atom. The van der Waals surface area contributed by atoms with Gasteiger partial charge in [0.15, 0.2) is 11.5 Å². The lowest BCUT2D eigenvalue weighted by molar-refractivity contribution is -0.277. The Morgan fingerprint density at radius 1 is 1.08 bits per heavy atom. The third kappa shape index (κ3) is 2.95. The van der Waals surface area contributed by atoms with Crippen LogP contribution in [-0.2, 0) is 4.74 Å². The quantitative estimate of drug-likeness (QED) is 0.429. The van der Waals surface area contributed by atoms with E-state index in [-0.39, 0.29) is 17.1 Å². The van der Waals surface area contributed by atoms with Gasteiger partial charge < -0.3 is 39.4 Å². The summed E-state index contributed by atoms with van der Waals surface area (Å²) in [7, 11) is 0. The second kappa shape index (κ2) is 6.38. The molecule has 0 radical (unpaired) electrons. The third-order valence-corrected chi connectivity index (χ3v) is 3.79. The number of aliphatic hydroxyl groups excluding tert-OH is 4. The number of fused-ring (bicyclic) bond motifs is 1. The zero-order valence-electron chi connectivity index (χ0n) is 12.3. The van der Waals surface area contributed by atoms with E-state index in [2.05, 4.69) is 0 Å². The number of hydrogen-bond donors (Lipinski definition) is 5. The molecule has 1 aromatic heterocycles. The monoisotopic (exact) mass is 340 g/mol. The van der Waals surface area contributed by atoms with E-state index in [0.29, 0.717) is 5.39 Å². The van der Waals surface area contributed by atoms with Gasteiger partial charge in [-0.25, -0.2) is 4.79 Å². The van der Waals surface area contributed by atoms with Crippen molar-refractivity contribution < 1.29 is 39.4 Å². The summed E-state index contributed by atoms with van der Waals surface area (Å²) < 4.78 is 15.5. The lowest BCUT2D eigenvalue weighted by atomic mass is 9.99. The van der Waals surface area contributed by atoms with Crippen molar-refractivity contribution in [3.63, 3.8) is 0 Å². The van der Waals surface area contributed by atoms with Crippen molar-refractivity contribution in [1.29, 1.82) is 0 Å². The summed E-state index contributed by atoms with van der Waals surface area (Å²) >= 11 is 0. The first-order valence-electron chi connectivity index (χ1n) is 7.15. The molecule has 0 aliphatic carbocycles. The number of benzene rings is 1. The van der Waals surface area contributed by atoms with Crippen LogP contribution in [0.25, 0.3) is 11.0 Å². The Kier molecular flexibility index (Phi) is 4.43. The Hall–Kier alpha value is -2.17. The molecule has 3 rings (SSSR count). The van der Waals surface area contributed by atoms with Gasteiger partial charge in [-0.3, -0.25) is 0 Å². The summed E-state index contributed by atoms with van der Waals surface area (Å²) in [4.78, 5) is 11.2. The highest BCUT2D eigenvalue weighted by Gasteiger charge is 2.44. The van der Waals surface area contributed by atoms with Crippen molar-refractivity contribution in [2.75, 3.05) is 6.61 Å². The van der Waals surface area contributed by atoms with Crippen LogP contribution in [0.1, 0.15) is 0 Å². The number of phenolic OH excluding ortho intramolecular Hbond substituents is 1. The van der Waals surface area contributed by atoms with Crippen molar-refractivity contribution in [2.45, 2.75) is 30.7 Å². The largest absolute Gasteiger partial charge is 0.504 e. The van der Waals surface area contributed by atoms with Gasteiger partial charge in [0.05, 0.1) is 6.61 Å². The van der Waals surface area contributed by atoms with Crippen molar-refractivity contribution >= 4 is 11.0 Å². The molecule has 2 aromatic rings. The predicted octanol–water partition coefficient (Wildman–Crippen LogP) is -1.32. The number of aromatic hydroxyl groups is 1. The molecule has 0 bridgehead atoms. The summed E-state index contributed by atoms with van der Waals surface area (Å²) in [5.41, 5.74) is -0.439. The van der Waals surface area contributed by atoms with Crippen LogP contribution in [0.3, 0.4) is 0 Å². The maximum Gasteiger partial charge on any atom is 0.336 e. The van der Waals surface area contributed by atoms with Crippen LogP contribution in [0.5, 0.6) is 11.5 Å². The number of ether oxygens (including phenoxy) is 2. The van der Waals surface area contributed by atoms with Crippen molar-refractivity contribution in [1.82, 2.24) is 0 Å².